The molecule has 2 aromatic heterocycles. The minimum Gasteiger partial charge on any atom is -0.382 e. The number of hydrogen-bond donors (Lipinski definition) is 2. The van der Waals surface area contributed by atoms with E-state index in [4.69, 9.17) is 16.3 Å². The summed E-state index contributed by atoms with van der Waals surface area (Å²) in [7, 11) is 0. The summed E-state index contributed by atoms with van der Waals surface area (Å²) in [5.41, 5.74) is 1.73. The third-order valence-corrected chi connectivity index (χ3v) is 7.02. The van der Waals surface area contributed by atoms with Crippen molar-refractivity contribution in [3.05, 3.63) is 32.9 Å². The first-order valence-corrected chi connectivity index (χ1v) is 12.7. The van der Waals surface area contributed by atoms with Gasteiger partial charge in [0.1, 0.15) is 5.00 Å². The molecule has 0 saturated heterocycles. The zero-order valence-electron chi connectivity index (χ0n) is 17.8. The average molecular weight is 483 g/mol. The molecule has 3 rings (SSSR count). The predicted molar refractivity (Wildman–Crippen MR) is 126 cm³/mol. The molecule has 0 unspecified atom stereocenters. The summed E-state index contributed by atoms with van der Waals surface area (Å²) in [5, 5.41) is 7.09. The van der Waals surface area contributed by atoms with Crippen LogP contribution in [0, 0.1) is 0 Å². The van der Waals surface area contributed by atoms with Crippen LogP contribution in [0.15, 0.2) is 11.4 Å². The van der Waals surface area contributed by atoms with Gasteiger partial charge >= 0.3 is 0 Å². The SMILES string of the molecule is CCOCCCNC(=O)c1c(NC(=O)c2nc(SCC)ncc2Cl)sc2c1CCCC2. The van der Waals surface area contributed by atoms with Crippen LogP contribution in [-0.2, 0) is 17.6 Å². The molecule has 0 bridgehead atoms. The molecule has 7 nitrogen and oxygen atoms in total. The van der Waals surface area contributed by atoms with Crippen LogP contribution in [0.3, 0.4) is 0 Å². The van der Waals surface area contributed by atoms with Gasteiger partial charge in [-0.1, -0.05) is 30.3 Å². The van der Waals surface area contributed by atoms with Crippen LogP contribution in [0.2, 0.25) is 5.02 Å². The van der Waals surface area contributed by atoms with Gasteiger partial charge in [-0.05, 0) is 50.3 Å². The molecule has 2 heterocycles. The Balaban J connectivity index is 1.81. The van der Waals surface area contributed by atoms with Gasteiger partial charge in [0.05, 0.1) is 16.8 Å². The number of thiophene rings is 1. The van der Waals surface area contributed by atoms with Crippen molar-refractivity contribution in [3.63, 3.8) is 0 Å². The van der Waals surface area contributed by atoms with Gasteiger partial charge in [-0.2, -0.15) is 0 Å². The molecular formula is C21H27ClN4O3S2. The summed E-state index contributed by atoms with van der Waals surface area (Å²) in [4.78, 5) is 35.6. The van der Waals surface area contributed by atoms with E-state index in [-0.39, 0.29) is 16.6 Å². The van der Waals surface area contributed by atoms with Crippen molar-refractivity contribution in [2.45, 2.75) is 51.1 Å². The lowest BCUT2D eigenvalue weighted by molar-refractivity contribution is 0.0944. The number of amides is 2. The number of carbonyl (C=O) groups is 2. The van der Waals surface area contributed by atoms with E-state index in [0.29, 0.717) is 35.5 Å². The van der Waals surface area contributed by atoms with Crippen molar-refractivity contribution in [3.8, 4) is 0 Å². The number of ether oxygens (including phenoxy) is 1. The first-order chi connectivity index (χ1) is 15.0. The lowest BCUT2D eigenvalue weighted by atomic mass is 9.95. The van der Waals surface area contributed by atoms with Crippen molar-refractivity contribution in [2.24, 2.45) is 0 Å². The lowest BCUT2D eigenvalue weighted by Gasteiger charge is -2.13. The number of anilines is 1. The highest BCUT2D eigenvalue weighted by Gasteiger charge is 2.27. The average Bonchev–Trinajstić information content (AvgIpc) is 3.12. The van der Waals surface area contributed by atoms with Gasteiger partial charge in [0.2, 0.25) is 0 Å². The summed E-state index contributed by atoms with van der Waals surface area (Å²) >= 11 is 9.09. The van der Waals surface area contributed by atoms with Crippen LogP contribution in [0.4, 0.5) is 5.00 Å². The van der Waals surface area contributed by atoms with Crippen LogP contribution >= 0.6 is 34.7 Å². The summed E-state index contributed by atoms with van der Waals surface area (Å²) < 4.78 is 5.33. The summed E-state index contributed by atoms with van der Waals surface area (Å²) in [6, 6.07) is 0. The fraction of sp³-hybridized carbons (Fsp3) is 0.524. The number of carbonyl (C=O) groups excluding carboxylic acids is 2. The fourth-order valence-corrected chi connectivity index (χ4v) is 5.37. The Morgan fingerprint density at radius 2 is 2.06 bits per heavy atom. The van der Waals surface area contributed by atoms with Crippen LogP contribution in [0.25, 0.3) is 0 Å². The van der Waals surface area contributed by atoms with Crippen LogP contribution in [0.5, 0.6) is 0 Å². The molecule has 0 aromatic carbocycles. The number of aryl methyl sites for hydroxylation is 1. The summed E-state index contributed by atoms with van der Waals surface area (Å²) in [5.74, 6) is 0.185. The zero-order chi connectivity index (χ0) is 22.2. The highest BCUT2D eigenvalue weighted by Crippen LogP contribution is 2.38. The number of thioether (sulfide) groups is 1. The van der Waals surface area contributed by atoms with E-state index >= 15 is 0 Å². The first-order valence-electron chi connectivity index (χ1n) is 10.5. The van der Waals surface area contributed by atoms with E-state index in [1.54, 1.807) is 0 Å². The summed E-state index contributed by atoms with van der Waals surface area (Å²) in [6.07, 6.45) is 6.07. The Labute approximate surface area is 195 Å². The predicted octanol–water partition coefficient (Wildman–Crippen LogP) is 4.59. The zero-order valence-corrected chi connectivity index (χ0v) is 20.1. The third-order valence-electron chi connectivity index (χ3n) is 4.79. The molecule has 1 aliphatic carbocycles. The monoisotopic (exact) mass is 482 g/mol. The van der Waals surface area contributed by atoms with E-state index in [1.807, 2.05) is 13.8 Å². The Morgan fingerprint density at radius 1 is 1.26 bits per heavy atom. The smallest absolute Gasteiger partial charge is 0.276 e. The highest BCUT2D eigenvalue weighted by atomic mass is 35.5. The van der Waals surface area contributed by atoms with E-state index in [9.17, 15) is 9.59 Å². The molecule has 0 radical (unpaired) electrons. The summed E-state index contributed by atoms with van der Waals surface area (Å²) in [6.45, 7) is 5.71. The van der Waals surface area contributed by atoms with Gasteiger partial charge in [-0.3, -0.25) is 9.59 Å². The van der Waals surface area contributed by atoms with Gasteiger partial charge < -0.3 is 15.4 Å². The topological polar surface area (TPSA) is 93.2 Å². The Bertz CT molecular complexity index is 936. The van der Waals surface area contributed by atoms with Gasteiger partial charge in [0.15, 0.2) is 10.9 Å². The second-order valence-corrected chi connectivity index (χ2v) is 9.70. The van der Waals surface area contributed by atoms with Crippen LogP contribution in [-0.4, -0.2) is 47.3 Å². The number of nitrogens with zero attached hydrogens (tertiary/aromatic N) is 2. The van der Waals surface area contributed by atoms with Crippen LogP contribution in [0.1, 0.15) is 64.4 Å². The van der Waals surface area contributed by atoms with Gasteiger partial charge in [0.25, 0.3) is 11.8 Å². The van der Waals surface area contributed by atoms with Crippen molar-refractivity contribution in [1.29, 1.82) is 0 Å². The molecule has 0 aliphatic heterocycles. The normalized spacial score (nSPS) is 13.0. The molecule has 2 aromatic rings. The molecule has 2 N–H and O–H groups in total. The van der Waals surface area contributed by atoms with Crippen molar-refractivity contribution in [2.75, 3.05) is 30.8 Å². The molecule has 0 atom stereocenters. The maximum atomic E-state index is 13.0. The Morgan fingerprint density at radius 3 is 2.84 bits per heavy atom. The Hall–Kier alpha value is -1.68. The minimum atomic E-state index is -0.436. The minimum absolute atomic E-state index is 0.113. The van der Waals surface area contributed by atoms with Gasteiger partial charge in [-0.25, -0.2) is 9.97 Å². The van der Waals surface area contributed by atoms with Crippen molar-refractivity contribution < 1.29 is 14.3 Å². The fourth-order valence-electron chi connectivity index (χ4n) is 3.37. The second kappa shape index (κ2) is 11.8. The molecule has 0 saturated carbocycles. The molecule has 31 heavy (non-hydrogen) atoms. The van der Waals surface area contributed by atoms with Gasteiger partial charge in [0, 0.05) is 24.6 Å². The molecular weight excluding hydrogens is 456 g/mol. The Kier molecular flexibility index (Phi) is 9.13. The third kappa shape index (κ3) is 6.19. The first kappa shape index (κ1) is 24.0. The van der Waals surface area contributed by atoms with Crippen LogP contribution < -0.4 is 10.6 Å². The van der Waals surface area contributed by atoms with Gasteiger partial charge in [-0.15, -0.1) is 11.3 Å². The largest absolute Gasteiger partial charge is 0.382 e. The number of nitrogens with one attached hydrogen (secondary N) is 2. The second-order valence-electron chi connectivity index (χ2n) is 6.96. The lowest BCUT2D eigenvalue weighted by Crippen LogP contribution is -2.27. The number of fused-ring (bicyclic) bond motifs is 1. The number of hydrogen-bond acceptors (Lipinski definition) is 7. The molecule has 10 heteroatoms. The van der Waals surface area contributed by atoms with E-state index in [1.165, 1.54) is 29.3 Å². The molecule has 168 valence electrons. The van der Waals surface area contributed by atoms with Crippen molar-refractivity contribution >= 4 is 51.5 Å². The molecule has 2 amide bonds. The van der Waals surface area contributed by atoms with Crippen molar-refractivity contribution in [1.82, 2.24) is 15.3 Å². The number of aromatic nitrogens is 2. The molecule has 0 spiro atoms. The number of halogens is 1. The maximum Gasteiger partial charge on any atom is 0.276 e. The highest BCUT2D eigenvalue weighted by molar-refractivity contribution is 7.99. The van der Waals surface area contributed by atoms with E-state index < -0.39 is 5.91 Å². The number of rotatable bonds is 10. The van der Waals surface area contributed by atoms with E-state index in [2.05, 4.69) is 20.6 Å². The molecule has 1 aliphatic rings. The maximum absolute atomic E-state index is 13.0. The molecule has 0 fully saturated rings. The van der Waals surface area contributed by atoms with E-state index in [0.717, 1.165) is 48.3 Å². The quantitative estimate of drug-likeness (QED) is 0.292. The standard InChI is InChI=1S/C21H27ClN4O3S2/c1-3-29-11-7-10-23-18(27)16-13-8-5-6-9-15(13)31-20(16)26-19(28)17-14(22)12-24-21(25-17)30-4-2/h12H,3-11H2,1-2H3,(H,23,27)(H,26,28).